The van der Waals surface area contributed by atoms with Gasteiger partial charge >= 0.3 is 0 Å². The Morgan fingerprint density at radius 1 is 1.35 bits per heavy atom. The van der Waals surface area contributed by atoms with Gasteiger partial charge in [-0.1, -0.05) is 25.0 Å². The SMILES string of the molecule is CC(N[C@H]1CCCC[C@@H]1O)c1cccc(F)c1. The number of halogens is 1. The van der Waals surface area contributed by atoms with Crippen molar-refractivity contribution in [3.05, 3.63) is 35.6 Å². The van der Waals surface area contributed by atoms with Crippen molar-refractivity contribution in [1.29, 1.82) is 0 Å². The minimum absolute atomic E-state index is 0.0726. The van der Waals surface area contributed by atoms with Crippen molar-refractivity contribution in [3.63, 3.8) is 0 Å². The number of hydrogen-bond acceptors (Lipinski definition) is 2. The van der Waals surface area contributed by atoms with E-state index in [4.69, 9.17) is 0 Å². The molecule has 94 valence electrons. The van der Waals surface area contributed by atoms with Crippen LogP contribution >= 0.6 is 0 Å². The van der Waals surface area contributed by atoms with Crippen LogP contribution in [0.15, 0.2) is 24.3 Å². The largest absolute Gasteiger partial charge is 0.392 e. The molecule has 1 fully saturated rings. The van der Waals surface area contributed by atoms with Gasteiger partial charge in [0.15, 0.2) is 0 Å². The van der Waals surface area contributed by atoms with Crippen LogP contribution in [0.5, 0.6) is 0 Å². The highest BCUT2D eigenvalue weighted by Crippen LogP contribution is 2.22. The third-order valence-electron chi connectivity index (χ3n) is 3.54. The highest BCUT2D eigenvalue weighted by atomic mass is 19.1. The van der Waals surface area contributed by atoms with Crippen LogP contribution in [0, 0.1) is 5.82 Å². The molecule has 0 aromatic heterocycles. The zero-order valence-corrected chi connectivity index (χ0v) is 10.2. The van der Waals surface area contributed by atoms with Gasteiger partial charge in [-0.25, -0.2) is 4.39 Å². The Balaban J connectivity index is 1.98. The normalized spacial score (nSPS) is 26.8. The Hall–Kier alpha value is -0.930. The predicted octanol–water partition coefficient (Wildman–Crippen LogP) is 2.78. The van der Waals surface area contributed by atoms with Crippen molar-refractivity contribution < 1.29 is 9.50 Å². The molecule has 0 bridgehead atoms. The van der Waals surface area contributed by atoms with Gasteiger partial charge in [0, 0.05) is 12.1 Å². The molecule has 0 saturated heterocycles. The van der Waals surface area contributed by atoms with Crippen molar-refractivity contribution in [2.75, 3.05) is 0 Å². The lowest BCUT2D eigenvalue weighted by atomic mass is 9.91. The molecule has 3 atom stereocenters. The van der Waals surface area contributed by atoms with Crippen molar-refractivity contribution in [1.82, 2.24) is 5.32 Å². The summed E-state index contributed by atoms with van der Waals surface area (Å²) >= 11 is 0. The number of aliphatic hydroxyl groups excluding tert-OH is 1. The number of rotatable bonds is 3. The summed E-state index contributed by atoms with van der Waals surface area (Å²) in [6.45, 7) is 2.01. The molecule has 2 nitrogen and oxygen atoms in total. The highest BCUT2D eigenvalue weighted by Gasteiger charge is 2.24. The first-order valence-electron chi connectivity index (χ1n) is 6.36. The summed E-state index contributed by atoms with van der Waals surface area (Å²) in [5.74, 6) is -0.208. The van der Waals surface area contributed by atoms with Gasteiger partial charge in [0.25, 0.3) is 0 Å². The van der Waals surface area contributed by atoms with Gasteiger partial charge in [0.1, 0.15) is 5.82 Å². The highest BCUT2D eigenvalue weighted by molar-refractivity contribution is 5.19. The van der Waals surface area contributed by atoms with E-state index >= 15 is 0 Å². The first-order chi connectivity index (χ1) is 8.16. The quantitative estimate of drug-likeness (QED) is 0.847. The summed E-state index contributed by atoms with van der Waals surface area (Å²) in [6, 6.07) is 6.85. The van der Waals surface area contributed by atoms with Gasteiger partial charge in [-0.3, -0.25) is 0 Å². The lowest BCUT2D eigenvalue weighted by molar-refractivity contribution is 0.0859. The molecule has 17 heavy (non-hydrogen) atoms. The average molecular weight is 237 g/mol. The molecule has 1 saturated carbocycles. The summed E-state index contributed by atoms with van der Waals surface area (Å²) < 4.78 is 13.1. The minimum Gasteiger partial charge on any atom is -0.392 e. The van der Waals surface area contributed by atoms with Crippen LogP contribution in [0.1, 0.15) is 44.2 Å². The van der Waals surface area contributed by atoms with Crippen LogP contribution in [0.2, 0.25) is 0 Å². The van der Waals surface area contributed by atoms with Crippen molar-refractivity contribution in [3.8, 4) is 0 Å². The van der Waals surface area contributed by atoms with Crippen LogP contribution in [0.4, 0.5) is 4.39 Å². The third-order valence-corrected chi connectivity index (χ3v) is 3.54. The van der Waals surface area contributed by atoms with Gasteiger partial charge in [-0.2, -0.15) is 0 Å². The maximum atomic E-state index is 13.1. The molecule has 0 heterocycles. The number of nitrogens with one attached hydrogen (secondary N) is 1. The number of benzene rings is 1. The molecule has 0 radical (unpaired) electrons. The fourth-order valence-electron chi connectivity index (χ4n) is 2.50. The van der Waals surface area contributed by atoms with Gasteiger partial charge < -0.3 is 10.4 Å². The smallest absolute Gasteiger partial charge is 0.123 e. The molecule has 1 aromatic rings. The average Bonchev–Trinajstić information content (AvgIpc) is 2.32. The lowest BCUT2D eigenvalue weighted by Crippen LogP contribution is -2.43. The van der Waals surface area contributed by atoms with E-state index in [9.17, 15) is 9.50 Å². The van der Waals surface area contributed by atoms with E-state index in [0.29, 0.717) is 0 Å². The molecule has 2 N–H and O–H groups in total. The Bertz CT molecular complexity index is 369. The van der Waals surface area contributed by atoms with Crippen LogP contribution < -0.4 is 5.32 Å². The summed E-state index contributed by atoms with van der Waals surface area (Å²) in [5, 5.41) is 13.3. The van der Waals surface area contributed by atoms with Gasteiger partial charge in [0.2, 0.25) is 0 Å². The van der Waals surface area contributed by atoms with Crippen molar-refractivity contribution in [2.24, 2.45) is 0 Å². The lowest BCUT2D eigenvalue weighted by Gasteiger charge is -2.31. The number of hydrogen-bond donors (Lipinski definition) is 2. The topological polar surface area (TPSA) is 32.3 Å². The van der Waals surface area contributed by atoms with E-state index in [2.05, 4.69) is 5.32 Å². The van der Waals surface area contributed by atoms with Crippen LogP contribution in [-0.2, 0) is 0 Å². The van der Waals surface area contributed by atoms with E-state index in [1.54, 1.807) is 12.1 Å². The van der Waals surface area contributed by atoms with Crippen LogP contribution in [-0.4, -0.2) is 17.3 Å². The summed E-state index contributed by atoms with van der Waals surface area (Å²) in [5.41, 5.74) is 0.933. The maximum Gasteiger partial charge on any atom is 0.123 e. The monoisotopic (exact) mass is 237 g/mol. The van der Waals surface area contributed by atoms with E-state index in [0.717, 1.165) is 31.2 Å². The van der Waals surface area contributed by atoms with E-state index in [1.807, 2.05) is 13.0 Å². The maximum absolute atomic E-state index is 13.1. The fraction of sp³-hybridized carbons (Fsp3) is 0.571. The third kappa shape index (κ3) is 3.27. The van der Waals surface area contributed by atoms with E-state index in [-0.39, 0.29) is 24.0 Å². The van der Waals surface area contributed by atoms with Gasteiger partial charge in [0.05, 0.1) is 6.10 Å². The Labute approximate surface area is 102 Å². The Kier molecular flexibility index (Phi) is 4.13. The second-order valence-corrected chi connectivity index (χ2v) is 4.90. The molecule has 1 aliphatic carbocycles. The molecule has 0 amide bonds. The van der Waals surface area contributed by atoms with Crippen molar-refractivity contribution in [2.45, 2.75) is 50.8 Å². The number of aliphatic hydroxyl groups is 1. The zero-order valence-electron chi connectivity index (χ0n) is 10.2. The summed E-state index contributed by atoms with van der Waals surface area (Å²) in [4.78, 5) is 0. The predicted molar refractivity (Wildman–Crippen MR) is 66.2 cm³/mol. The molecule has 2 rings (SSSR count). The molecular weight excluding hydrogens is 217 g/mol. The van der Waals surface area contributed by atoms with Crippen LogP contribution in [0.25, 0.3) is 0 Å². The molecular formula is C14H20FNO. The molecule has 0 spiro atoms. The second-order valence-electron chi connectivity index (χ2n) is 4.90. The Morgan fingerprint density at radius 3 is 2.82 bits per heavy atom. The van der Waals surface area contributed by atoms with Gasteiger partial charge in [-0.05, 0) is 37.5 Å². The molecule has 1 aromatic carbocycles. The first kappa shape index (κ1) is 12.5. The molecule has 1 unspecified atom stereocenters. The van der Waals surface area contributed by atoms with Crippen LogP contribution in [0.3, 0.4) is 0 Å². The zero-order chi connectivity index (χ0) is 12.3. The second kappa shape index (κ2) is 5.61. The molecule has 1 aliphatic rings. The minimum atomic E-state index is -0.264. The molecule has 0 aliphatic heterocycles. The Morgan fingerprint density at radius 2 is 2.12 bits per heavy atom. The standard InChI is InChI=1S/C14H20FNO/c1-10(11-5-4-6-12(15)9-11)16-13-7-2-3-8-14(13)17/h4-6,9-10,13-14,16-17H,2-3,7-8H2,1H3/t10?,13-,14-/m0/s1. The van der Waals surface area contributed by atoms with Gasteiger partial charge in [-0.15, -0.1) is 0 Å². The van der Waals surface area contributed by atoms with E-state index < -0.39 is 0 Å². The summed E-state index contributed by atoms with van der Waals surface area (Å²) in [6.07, 6.45) is 3.87. The van der Waals surface area contributed by atoms with E-state index in [1.165, 1.54) is 6.07 Å². The van der Waals surface area contributed by atoms with Crippen molar-refractivity contribution >= 4 is 0 Å². The first-order valence-corrected chi connectivity index (χ1v) is 6.36. The summed E-state index contributed by atoms with van der Waals surface area (Å²) in [7, 11) is 0. The fourth-order valence-corrected chi connectivity index (χ4v) is 2.50. The molecule has 3 heteroatoms.